The van der Waals surface area contributed by atoms with Crippen molar-refractivity contribution in [3.8, 4) is 11.4 Å². The fourth-order valence-electron chi connectivity index (χ4n) is 1.42. The Labute approximate surface area is 125 Å². The smallest absolute Gasteiger partial charge is 0.210 e. The quantitative estimate of drug-likeness (QED) is 0.532. The normalized spacial score (nSPS) is 10.7. The number of nitrogens with zero attached hydrogens (tertiary/aromatic N) is 3. The molecule has 0 spiro atoms. The Bertz CT molecular complexity index is 624. The number of benzene rings is 1. The third-order valence-corrected chi connectivity index (χ3v) is 4.01. The summed E-state index contributed by atoms with van der Waals surface area (Å²) in [6, 6.07) is 5.15. The lowest BCUT2D eigenvalue weighted by Crippen LogP contribution is -2.11. The first-order valence-corrected chi connectivity index (χ1v) is 7.16. The first-order chi connectivity index (χ1) is 8.99. The van der Waals surface area contributed by atoms with E-state index in [1.807, 2.05) is 6.92 Å². The highest BCUT2D eigenvalue weighted by molar-refractivity contribution is 7.99. The van der Waals surface area contributed by atoms with Crippen molar-refractivity contribution in [2.45, 2.75) is 12.1 Å². The second-order valence-electron chi connectivity index (χ2n) is 4.05. The number of hydrogen-bond acceptors (Lipinski definition) is 4. The number of aromatic nitrogens is 3. The van der Waals surface area contributed by atoms with Crippen LogP contribution in [0.25, 0.3) is 11.4 Å². The predicted molar refractivity (Wildman–Crippen MR) is 81.2 cm³/mol. The van der Waals surface area contributed by atoms with Gasteiger partial charge in [0.15, 0.2) is 5.82 Å². The minimum Gasteiger partial charge on any atom is -0.335 e. The van der Waals surface area contributed by atoms with Crippen LogP contribution >= 0.6 is 35.0 Å². The average molecular weight is 315 g/mol. The Kier molecular flexibility index (Phi) is 4.39. The molecule has 0 aliphatic rings. The molecule has 1 heterocycles. The first-order valence-electron chi connectivity index (χ1n) is 5.42. The summed E-state index contributed by atoms with van der Waals surface area (Å²) in [5.74, 6) is 7.22. The summed E-state index contributed by atoms with van der Waals surface area (Å²) in [6.45, 7) is 5.78. The van der Waals surface area contributed by atoms with E-state index in [0.29, 0.717) is 26.6 Å². The molecule has 0 atom stereocenters. The van der Waals surface area contributed by atoms with Crippen LogP contribution in [0.15, 0.2) is 35.5 Å². The van der Waals surface area contributed by atoms with Crippen LogP contribution in [0.2, 0.25) is 10.0 Å². The van der Waals surface area contributed by atoms with Crippen molar-refractivity contribution in [3.05, 3.63) is 40.4 Å². The van der Waals surface area contributed by atoms with Crippen molar-refractivity contribution >= 4 is 35.0 Å². The van der Waals surface area contributed by atoms with E-state index < -0.39 is 0 Å². The standard InChI is InChI=1S/C12H12Cl2N4S/c1-7(2)6-19-12-17-16-11(18(12)15)9-4-3-8(13)5-10(9)14/h3-5H,1,6,15H2,2H3. The second-order valence-corrected chi connectivity index (χ2v) is 5.83. The molecule has 0 amide bonds. The molecule has 1 aromatic carbocycles. The molecule has 1 aromatic heterocycles. The van der Waals surface area contributed by atoms with Gasteiger partial charge in [-0.25, -0.2) is 4.68 Å². The van der Waals surface area contributed by atoms with Gasteiger partial charge in [0, 0.05) is 16.3 Å². The van der Waals surface area contributed by atoms with Crippen LogP contribution in [0.3, 0.4) is 0 Å². The molecule has 2 rings (SSSR count). The highest BCUT2D eigenvalue weighted by Gasteiger charge is 2.14. The molecule has 0 saturated heterocycles. The third-order valence-electron chi connectivity index (χ3n) is 2.28. The summed E-state index contributed by atoms with van der Waals surface area (Å²) in [5.41, 5.74) is 1.74. The molecule has 0 fully saturated rings. The zero-order chi connectivity index (χ0) is 14.0. The van der Waals surface area contributed by atoms with Crippen molar-refractivity contribution in [1.82, 2.24) is 14.9 Å². The lowest BCUT2D eigenvalue weighted by Gasteiger charge is -2.05. The number of nitrogen functional groups attached to an aromatic ring is 1. The van der Waals surface area contributed by atoms with E-state index in [-0.39, 0.29) is 0 Å². The fraction of sp³-hybridized carbons (Fsp3) is 0.167. The van der Waals surface area contributed by atoms with E-state index in [2.05, 4.69) is 16.8 Å². The van der Waals surface area contributed by atoms with Gasteiger partial charge in [0.25, 0.3) is 0 Å². The van der Waals surface area contributed by atoms with Gasteiger partial charge in [-0.1, -0.05) is 47.1 Å². The van der Waals surface area contributed by atoms with E-state index >= 15 is 0 Å². The Balaban J connectivity index is 2.33. The first kappa shape index (κ1) is 14.2. The van der Waals surface area contributed by atoms with Crippen LogP contribution in [0, 0.1) is 0 Å². The Morgan fingerprint density at radius 1 is 1.42 bits per heavy atom. The third kappa shape index (κ3) is 3.23. The summed E-state index contributed by atoms with van der Waals surface area (Å²) in [4.78, 5) is 0. The summed E-state index contributed by atoms with van der Waals surface area (Å²) in [7, 11) is 0. The number of halogens is 2. The molecule has 7 heteroatoms. The molecule has 0 bridgehead atoms. The van der Waals surface area contributed by atoms with Crippen molar-refractivity contribution < 1.29 is 0 Å². The molecular weight excluding hydrogens is 303 g/mol. The van der Waals surface area contributed by atoms with Gasteiger partial charge in [0.1, 0.15) is 0 Å². The van der Waals surface area contributed by atoms with Crippen molar-refractivity contribution in [2.24, 2.45) is 0 Å². The van der Waals surface area contributed by atoms with E-state index in [4.69, 9.17) is 29.0 Å². The van der Waals surface area contributed by atoms with Crippen LogP contribution in [-0.2, 0) is 0 Å². The average Bonchev–Trinajstić information content (AvgIpc) is 2.68. The molecule has 100 valence electrons. The molecule has 2 aromatic rings. The highest BCUT2D eigenvalue weighted by Crippen LogP contribution is 2.30. The zero-order valence-electron chi connectivity index (χ0n) is 10.2. The Morgan fingerprint density at radius 2 is 2.16 bits per heavy atom. The predicted octanol–water partition coefficient (Wildman–Crippen LogP) is 3.63. The van der Waals surface area contributed by atoms with Crippen LogP contribution in [-0.4, -0.2) is 20.6 Å². The summed E-state index contributed by atoms with van der Waals surface area (Å²) in [6.07, 6.45) is 0. The maximum atomic E-state index is 6.13. The second kappa shape index (κ2) is 5.86. The van der Waals surface area contributed by atoms with Crippen molar-refractivity contribution in [3.63, 3.8) is 0 Å². The van der Waals surface area contributed by atoms with Gasteiger partial charge < -0.3 is 5.84 Å². The van der Waals surface area contributed by atoms with Gasteiger partial charge in [-0.15, -0.1) is 10.2 Å². The van der Waals surface area contributed by atoms with Crippen LogP contribution in [0.1, 0.15) is 6.92 Å². The Hall–Kier alpha value is -1.17. The molecule has 0 saturated carbocycles. The maximum absolute atomic E-state index is 6.13. The van der Waals surface area contributed by atoms with Gasteiger partial charge in [0.05, 0.1) is 5.02 Å². The SMILES string of the molecule is C=C(C)CSc1nnc(-c2ccc(Cl)cc2Cl)n1N. The Morgan fingerprint density at radius 3 is 2.79 bits per heavy atom. The zero-order valence-corrected chi connectivity index (χ0v) is 12.6. The summed E-state index contributed by atoms with van der Waals surface area (Å²) in [5, 5.41) is 9.78. The molecule has 4 nitrogen and oxygen atoms in total. The van der Waals surface area contributed by atoms with E-state index in [9.17, 15) is 0 Å². The van der Waals surface area contributed by atoms with Gasteiger partial charge in [-0.2, -0.15) is 0 Å². The van der Waals surface area contributed by atoms with Gasteiger partial charge in [0.2, 0.25) is 5.16 Å². The van der Waals surface area contributed by atoms with Crippen molar-refractivity contribution in [2.75, 3.05) is 11.6 Å². The molecule has 0 aliphatic carbocycles. The number of rotatable bonds is 4. The van der Waals surface area contributed by atoms with E-state index in [0.717, 1.165) is 11.3 Å². The van der Waals surface area contributed by atoms with Crippen LogP contribution < -0.4 is 5.84 Å². The van der Waals surface area contributed by atoms with Gasteiger partial charge in [-0.3, -0.25) is 0 Å². The molecule has 0 radical (unpaired) electrons. The van der Waals surface area contributed by atoms with Crippen LogP contribution in [0.4, 0.5) is 0 Å². The molecule has 2 N–H and O–H groups in total. The molecular formula is C12H12Cl2N4S. The monoisotopic (exact) mass is 314 g/mol. The lowest BCUT2D eigenvalue weighted by molar-refractivity contribution is 0.850. The van der Waals surface area contributed by atoms with Gasteiger partial charge >= 0.3 is 0 Å². The van der Waals surface area contributed by atoms with Crippen molar-refractivity contribution in [1.29, 1.82) is 0 Å². The minimum absolute atomic E-state index is 0.489. The van der Waals surface area contributed by atoms with Gasteiger partial charge in [-0.05, 0) is 25.1 Å². The summed E-state index contributed by atoms with van der Waals surface area (Å²) >= 11 is 13.5. The van der Waals surface area contributed by atoms with E-state index in [1.165, 1.54) is 16.4 Å². The minimum atomic E-state index is 0.489. The number of thioether (sulfide) groups is 1. The number of hydrogen-bond donors (Lipinski definition) is 1. The molecule has 0 aliphatic heterocycles. The largest absolute Gasteiger partial charge is 0.335 e. The molecule has 19 heavy (non-hydrogen) atoms. The van der Waals surface area contributed by atoms with E-state index in [1.54, 1.807) is 18.2 Å². The number of nitrogens with two attached hydrogens (primary N) is 1. The highest BCUT2D eigenvalue weighted by atomic mass is 35.5. The maximum Gasteiger partial charge on any atom is 0.210 e. The van der Waals surface area contributed by atoms with Crippen LogP contribution in [0.5, 0.6) is 0 Å². The molecule has 0 unspecified atom stereocenters. The topological polar surface area (TPSA) is 56.7 Å². The fourth-order valence-corrected chi connectivity index (χ4v) is 2.61. The lowest BCUT2D eigenvalue weighted by atomic mass is 10.2. The summed E-state index contributed by atoms with van der Waals surface area (Å²) < 4.78 is 1.42.